The number of carbonyl (C=O) groups excluding carboxylic acids is 2. The molecule has 0 radical (unpaired) electrons. The summed E-state index contributed by atoms with van der Waals surface area (Å²) in [5.41, 5.74) is 0.320. The number of aliphatic carboxylic acids is 1. The monoisotopic (exact) mass is 280 g/mol. The van der Waals surface area contributed by atoms with Gasteiger partial charge in [-0.15, -0.1) is 0 Å². The third-order valence-corrected chi connectivity index (χ3v) is 2.28. The van der Waals surface area contributed by atoms with Crippen molar-refractivity contribution >= 4 is 17.8 Å². The zero-order valence-electron chi connectivity index (χ0n) is 11.0. The highest BCUT2D eigenvalue weighted by Gasteiger charge is 2.13. The van der Waals surface area contributed by atoms with Gasteiger partial charge in [0.1, 0.15) is 12.3 Å². The molecule has 7 nitrogen and oxygen atoms in total. The molecule has 0 aliphatic carbocycles. The van der Waals surface area contributed by atoms with Gasteiger partial charge in [0, 0.05) is 0 Å². The third-order valence-electron chi connectivity index (χ3n) is 2.28. The van der Waals surface area contributed by atoms with Gasteiger partial charge >= 0.3 is 5.97 Å². The largest absolute Gasteiger partial charge is 0.493 e. The second-order valence-electron chi connectivity index (χ2n) is 3.78. The molecule has 1 aromatic carbocycles. The average molecular weight is 280 g/mol. The van der Waals surface area contributed by atoms with E-state index >= 15 is 0 Å². The number of carboxylic acids is 1. The maximum Gasteiger partial charge on any atom is 0.322 e. The standard InChI is InChI=1S/C13H16N2O5/c1-2-20-10-6-4-3-5-9(10)13(19)15-7-11(16)14-8-12(17)18/h3-6H,2,7-8H2,1H3,(H,14,16)(H,15,19)(H,17,18). The van der Waals surface area contributed by atoms with Gasteiger partial charge in [-0.05, 0) is 19.1 Å². The van der Waals surface area contributed by atoms with Crippen molar-refractivity contribution in [2.75, 3.05) is 19.7 Å². The zero-order valence-corrected chi connectivity index (χ0v) is 11.0. The Kier molecular flexibility index (Phi) is 6.02. The van der Waals surface area contributed by atoms with Crippen molar-refractivity contribution in [1.29, 1.82) is 0 Å². The van der Waals surface area contributed by atoms with Crippen LogP contribution in [0.1, 0.15) is 17.3 Å². The van der Waals surface area contributed by atoms with Crippen LogP contribution in [0.5, 0.6) is 5.75 Å². The molecule has 0 bridgehead atoms. The summed E-state index contributed by atoms with van der Waals surface area (Å²) in [6, 6.07) is 6.65. The van der Waals surface area contributed by atoms with Crippen LogP contribution in [0.4, 0.5) is 0 Å². The molecule has 3 N–H and O–H groups in total. The Morgan fingerprint density at radius 1 is 1.15 bits per heavy atom. The predicted octanol–water partition coefficient (Wildman–Crippen LogP) is 0.0159. The average Bonchev–Trinajstić information content (AvgIpc) is 2.43. The number of ether oxygens (including phenoxy) is 1. The van der Waals surface area contributed by atoms with Gasteiger partial charge < -0.3 is 20.5 Å². The molecule has 0 saturated heterocycles. The summed E-state index contributed by atoms with van der Waals surface area (Å²) in [4.78, 5) is 33.4. The lowest BCUT2D eigenvalue weighted by Crippen LogP contribution is -2.39. The number of hydrogen-bond acceptors (Lipinski definition) is 4. The molecule has 2 amide bonds. The van der Waals surface area contributed by atoms with E-state index in [0.717, 1.165) is 0 Å². The van der Waals surface area contributed by atoms with Crippen molar-refractivity contribution < 1.29 is 24.2 Å². The number of carboxylic acid groups (broad SMARTS) is 1. The summed E-state index contributed by atoms with van der Waals surface area (Å²) in [5.74, 6) is -1.75. The van der Waals surface area contributed by atoms with Crippen LogP contribution in [0.2, 0.25) is 0 Å². The number of nitrogens with one attached hydrogen (secondary N) is 2. The molecule has 0 unspecified atom stereocenters. The van der Waals surface area contributed by atoms with Gasteiger partial charge in [0.15, 0.2) is 0 Å². The molecule has 0 saturated carbocycles. The van der Waals surface area contributed by atoms with Crippen LogP contribution in [0, 0.1) is 0 Å². The van der Waals surface area contributed by atoms with Crippen molar-refractivity contribution in [1.82, 2.24) is 10.6 Å². The predicted molar refractivity (Wildman–Crippen MR) is 70.6 cm³/mol. The van der Waals surface area contributed by atoms with E-state index in [2.05, 4.69) is 10.6 Å². The highest BCUT2D eigenvalue weighted by molar-refractivity contribution is 5.98. The minimum absolute atomic E-state index is 0.299. The van der Waals surface area contributed by atoms with Crippen LogP contribution in [0.3, 0.4) is 0 Å². The Morgan fingerprint density at radius 3 is 2.50 bits per heavy atom. The molecule has 0 atom stereocenters. The fourth-order valence-corrected chi connectivity index (χ4v) is 1.43. The summed E-state index contributed by atoms with van der Waals surface area (Å²) in [6.07, 6.45) is 0. The normalized spacial score (nSPS) is 9.65. The first-order chi connectivity index (χ1) is 9.54. The maximum absolute atomic E-state index is 11.9. The van der Waals surface area contributed by atoms with Crippen molar-refractivity contribution in [2.45, 2.75) is 6.92 Å². The highest BCUT2D eigenvalue weighted by atomic mass is 16.5. The van der Waals surface area contributed by atoms with Gasteiger partial charge in [-0.1, -0.05) is 12.1 Å². The second-order valence-corrected chi connectivity index (χ2v) is 3.78. The Balaban J connectivity index is 2.54. The maximum atomic E-state index is 11.9. The van der Waals surface area contributed by atoms with Gasteiger partial charge in [0.05, 0.1) is 18.7 Å². The SMILES string of the molecule is CCOc1ccccc1C(=O)NCC(=O)NCC(=O)O. The first-order valence-corrected chi connectivity index (χ1v) is 6.03. The van der Waals surface area contributed by atoms with Crippen molar-refractivity contribution in [3.8, 4) is 5.75 Å². The summed E-state index contributed by atoms with van der Waals surface area (Å²) in [7, 11) is 0. The number of carbonyl (C=O) groups is 3. The van der Waals surface area contributed by atoms with Crippen molar-refractivity contribution in [3.05, 3.63) is 29.8 Å². The van der Waals surface area contributed by atoms with E-state index in [0.29, 0.717) is 17.9 Å². The molecule has 20 heavy (non-hydrogen) atoms. The molecule has 0 heterocycles. The van der Waals surface area contributed by atoms with Gasteiger partial charge in [0.25, 0.3) is 5.91 Å². The van der Waals surface area contributed by atoms with E-state index in [-0.39, 0.29) is 6.54 Å². The van der Waals surface area contributed by atoms with Gasteiger partial charge in [-0.3, -0.25) is 14.4 Å². The summed E-state index contributed by atoms with van der Waals surface area (Å²) < 4.78 is 5.30. The van der Waals surface area contributed by atoms with E-state index in [1.807, 2.05) is 0 Å². The van der Waals surface area contributed by atoms with E-state index in [4.69, 9.17) is 9.84 Å². The Morgan fingerprint density at radius 2 is 1.85 bits per heavy atom. The number of benzene rings is 1. The van der Waals surface area contributed by atoms with E-state index < -0.39 is 24.3 Å². The molecule has 0 aliphatic heterocycles. The summed E-state index contributed by atoms with van der Waals surface area (Å²) in [5, 5.41) is 12.9. The first-order valence-electron chi connectivity index (χ1n) is 6.03. The molecule has 108 valence electrons. The molecule has 1 rings (SSSR count). The molecule has 1 aromatic rings. The molecule has 0 aliphatic rings. The third kappa shape index (κ3) is 4.97. The topological polar surface area (TPSA) is 105 Å². The Labute approximate surface area is 115 Å². The van der Waals surface area contributed by atoms with E-state index in [1.165, 1.54) is 0 Å². The molecule has 0 spiro atoms. The number of amides is 2. The number of hydrogen-bond donors (Lipinski definition) is 3. The lowest BCUT2D eigenvalue weighted by atomic mass is 10.2. The van der Waals surface area contributed by atoms with Crippen molar-refractivity contribution in [3.63, 3.8) is 0 Å². The van der Waals surface area contributed by atoms with E-state index in [1.54, 1.807) is 31.2 Å². The van der Waals surface area contributed by atoms with Gasteiger partial charge in [-0.2, -0.15) is 0 Å². The van der Waals surface area contributed by atoms with Gasteiger partial charge in [0.2, 0.25) is 5.91 Å². The molecular formula is C13H16N2O5. The molecule has 0 aromatic heterocycles. The quantitative estimate of drug-likeness (QED) is 0.653. The zero-order chi connectivity index (χ0) is 15.0. The minimum atomic E-state index is -1.15. The molecule has 7 heteroatoms. The van der Waals surface area contributed by atoms with Crippen LogP contribution in [0.25, 0.3) is 0 Å². The fraction of sp³-hybridized carbons (Fsp3) is 0.308. The van der Waals surface area contributed by atoms with Crippen LogP contribution >= 0.6 is 0 Å². The van der Waals surface area contributed by atoms with Crippen molar-refractivity contribution in [2.24, 2.45) is 0 Å². The first kappa shape index (κ1) is 15.5. The second kappa shape index (κ2) is 7.78. The van der Waals surface area contributed by atoms with Gasteiger partial charge in [-0.25, -0.2) is 0 Å². The van der Waals surface area contributed by atoms with Crippen LogP contribution in [0.15, 0.2) is 24.3 Å². The molecule has 0 fully saturated rings. The Hall–Kier alpha value is -2.57. The summed E-state index contributed by atoms with van der Waals surface area (Å²) in [6.45, 7) is 1.44. The lowest BCUT2D eigenvalue weighted by molar-refractivity contribution is -0.137. The smallest absolute Gasteiger partial charge is 0.322 e. The highest BCUT2D eigenvalue weighted by Crippen LogP contribution is 2.17. The Bertz CT molecular complexity index is 501. The van der Waals surface area contributed by atoms with Crippen LogP contribution in [-0.2, 0) is 9.59 Å². The number of para-hydroxylation sites is 1. The van der Waals surface area contributed by atoms with Crippen LogP contribution in [-0.4, -0.2) is 42.6 Å². The minimum Gasteiger partial charge on any atom is -0.493 e. The fourth-order valence-electron chi connectivity index (χ4n) is 1.43. The number of rotatable bonds is 7. The molecular weight excluding hydrogens is 264 g/mol. The lowest BCUT2D eigenvalue weighted by Gasteiger charge is -2.10. The van der Waals surface area contributed by atoms with E-state index in [9.17, 15) is 14.4 Å². The summed E-state index contributed by atoms with van der Waals surface area (Å²) >= 11 is 0. The van der Waals surface area contributed by atoms with Crippen LogP contribution < -0.4 is 15.4 Å².